The van der Waals surface area contributed by atoms with E-state index in [1.165, 1.54) is 24.0 Å². The third-order valence-electron chi connectivity index (χ3n) is 2.04. The maximum atomic E-state index is 6.10. The minimum atomic E-state index is 0.912. The van der Waals surface area contributed by atoms with Gasteiger partial charge < -0.3 is 0 Å². The number of aryl methyl sites for hydroxylation is 2. The second-order valence-corrected chi connectivity index (χ2v) is 4.44. The average molecular weight is 262 g/mol. The van der Waals surface area contributed by atoms with Gasteiger partial charge in [0.1, 0.15) is 0 Å². The van der Waals surface area contributed by atoms with E-state index in [9.17, 15) is 0 Å². The fraction of sp³-hybridized carbons (Fsp3) is 0.455. The van der Waals surface area contributed by atoms with Crippen molar-refractivity contribution in [2.75, 3.05) is 5.33 Å². The van der Waals surface area contributed by atoms with Crippen LogP contribution in [0.4, 0.5) is 0 Å². The predicted octanol–water partition coefficient (Wildman–Crippen LogP) is 4.37. The summed E-state index contributed by atoms with van der Waals surface area (Å²) in [5, 5.41) is 1.99. The van der Waals surface area contributed by atoms with Crippen molar-refractivity contribution in [2.45, 2.75) is 26.2 Å². The van der Waals surface area contributed by atoms with Crippen molar-refractivity contribution >= 4 is 27.5 Å². The molecule has 0 fully saturated rings. The zero-order valence-corrected chi connectivity index (χ0v) is 10.2. The van der Waals surface area contributed by atoms with E-state index in [0.717, 1.165) is 16.8 Å². The van der Waals surface area contributed by atoms with Gasteiger partial charge in [-0.15, -0.1) is 0 Å². The molecular weight excluding hydrogens is 247 g/mol. The molecule has 0 atom stereocenters. The number of hydrogen-bond acceptors (Lipinski definition) is 0. The number of rotatable bonds is 4. The van der Waals surface area contributed by atoms with Crippen LogP contribution in [-0.4, -0.2) is 5.33 Å². The number of alkyl halides is 1. The molecule has 0 spiro atoms. The molecule has 0 heterocycles. The van der Waals surface area contributed by atoms with Gasteiger partial charge in [0.15, 0.2) is 0 Å². The molecule has 72 valence electrons. The zero-order valence-electron chi connectivity index (χ0n) is 7.82. The van der Waals surface area contributed by atoms with Crippen LogP contribution in [-0.2, 0) is 6.42 Å². The van der Waals surface area contributed by atoms with Gasteiger partial charge in [-0.1, -0.05) is 39.7 Å². The highest BCUT2D eigenvalue weighted by atomic mass is 79.9. The molecular formula is C11H14BrCl. The summed E-state index contributed by atoms with van der Waals surface area (Å²) in [6.07, 6.45) is 3.50. The van der Waals surface area contributed by atoms with Crippen molar-refractivity contribution in [3.63, 3.8) is 0 Å². The van der Waals surface area contributed by atoms with E-state index in [4.69, 9.17) is 11.6 Å². The Morgan fingerprint density at radius 1 is 1.31 bits per heavy atom. The van der Waals surface area contributed by atoms with Crippen LogP contribution in [0.15, 0.2) is 18.2 Å². The lowest BCUT2D eigenvalue weighted by atomic mass is 10.1. The molecule has 1 rings (SSSR count). The molecule has 0 bridgehead atoms. The summed E-state index contributed by atoms with van der Waals surface area (Å²) in [5.74, 6) is 0. The highest BCUT2D eigenvalue weighted by Crippen LogP contribution is 2.19. The van der Waals surface area contributed by atoms with Gasteiger partial charge in [-0.2, -0.15) is 0 Å². The summed E-state index contributed by atoms with van der Waals surface area (Å²) >= 11 is 9.52. The molecule has 0 aliphatic carbocycles. The highest BCUT2D eigenvalue weighted by molar-refractivity contribution is 9.09. The van der Waals surface area contributed by atoms with Gasteiger partial charge in [-0.25, -0.2) is 0 Å². The molecule has 1 aromatic carbocycles. The van der Waals surface area contributed by atoms with Crippen LogP contribution in [0.1, 0.15) is 24.0 Å². The topological polar surface area (TPSA) is 0 Å². The van der Waals surface area contributed by atoms with Gasteiger partial charge in [0.05, 0.1) is 0 Å². The molecule has 0 nitrogen and oxygen atoms in total. The molecule has 0 aliphatic heterocycles. The summed E-state index contributed by atoms with van der Waals surface area (Å²) in [4.78, 5) is 0. The van der Waals surface area contributed by atoms with Gasteiger partial charge in [0.25, 0.3) is 0 Å². The Morgan fingerprint density at radius 3 is 2.69 bits per heavy atom. The Morgan fingerprint density at radius 2 is 2.08 bits per heavy atom. The van der Waals surface area contributed by atoms with Crippen LogP contribution in [0.2, 0.25) is 5.02 Å². The quantitative estimate of drug-likeness (QED) is 0.558. The van der Waals surface area contributed by atoms with Crippen molar-refractivity contribution in [3.8, 4) is 0 Å². The first-order valence-electron chi connectivity index (χ1n) is 4.55. The van der Waals surface area contributed by atoms with Crippen LogP contribution in [0, 0.1) is 6.92 Å². The van der Waals surface area contributed by atoms with Crippen molar-refractivity contribution in [1.82, 2.24) is 0 Å². The maximum absolute atomic E-state index is 6.10. The van der Waals surface area contributed by atoms with E-state index in [-0.39, 0.29) is 0 Å². The zero-order chi connectivity index (χ0) is 9.68. The Hall–Kier alpha value is -0.0100. The minimum absolute atomic E-state index is 0.912. The van der Waals surface area contributed by atoms with Gasteiger partial charge in [0.2, 0.25) is 0 Å². The molecule has 0 aromatic heterocycles. The van der Waals surface area contributed by atoms with E-state index in [0.29, 0.717) is 0 Å². The first-order valence-corrected chi connectivity index (χ1v) is 6.05. The lowest BCUT2D eigenvalue weighted by molar-refractivity contribution is 0.806. The Kier molecular flexibility index (Phi) is 4.82. The normalized spacial score (nSPS) is 10.4. The second kappa shape index (κ2) is 5.66. The maximum Gasteiger partial charge on any atom is 0.0440 e. The molecule has 0 aliphatic rings. The largest absolute Gasteiger partial charge is 0.0928 e. The van der Waals surface area contributed by atoms with Crippen LogP contribution < -0.4 is 0 Å². The Labute approximate surface area is 93.4 Å². The molecule has 2 heteroatoms. The first-order chi connectivity index (χ1) is 6.24. The Bertz CT molecular complexity index is 271. The Balaban J connectivity index is 2.56. The summed E-state index contributed by atoms with van der Waals surface area (Å²) in [7, 11) is 0. The van der Waals surface area contributed by atoms with E-state index in [2.05, 4.69) is 35.0 Å². The predicted molar refractivity (Wildman–Crippen MR) is 62.9 cm³/mol. The monoisotopic (exact) mass is 260 g/mol. The van der Waals surface area contributed by atoms with E-state index in [1.807, 2.05) is 6.07 Å². The third kappa shape index (κ3) is 3.70. The van der Waals surface area contributed by atoms with E-state index in [1.54, 1.807) is 0 Å². The summed E-state index contributed by atoms with van der Waals surface area (Å²) in [6, 6.07) is 6.28. The molecule has 13 heavy (non-hydrogen) atoms. The number of unbranched alkanes of at least 4 members (excludes halogenated alkanes) is 1. The smallest absolute Gasteiger partial charge is 0.0440 e. The van der Waals surface area contributed by atoms with Crippen molar-refractivity contribution < 1.29 is 0 Å². The standard InChI is InChI=1S/C11H14BrCl/c1-9-5-6-10(11(13)8-9)4-2-3-7-12/h5-6,8H,2-4,7H2,1H3. The van der Waals surface area contributed by atoms with E-state index < -0.39 is 0 Å². The van der Waals surface area contributed by atoms with Crippen LogP contribution in [0.3, 0.4) is 0 Å². The summed E-state index contributed by atoms with van der Waals surface area (Å²) in [6.45, 7) is 2.06. The fourth-order valence-electron chi connectivity index (χ4n) is 1.27. The fourth-order valence-corrected chi connectivity index (χ4v) is 1.99. The van der Waals surface area contributed by atoms with Crippen LogP contribution in [0.25, 0.3) is 0 Å². The number of benzene rings is 1. The molecule has 0 saturated heterocycles. The van der Waals surface area contributed by atoms with E-state index >= 15 is 0 Å². The molecule has 0 amide bonds. The molecule has 0 N–H and O–H groups in total. The summed E-state index contributed by atoms with van der Waals surface area (Å²) < 4.78 is 0. The second-order valence-electron chi connectivity index (χ2n) is 3.24. The molecule has 0 unspecified atom stereocenters. The average Bonchev–Trinajstić information content (AvgIpc) is 2.09. The van der Waals surface area contributed by atoms with Crippen molar-refractivity contribution in [1.29, 1.82) is 0 Å². The number of halogens is 2. The van der Waals surface area contributed by atoms with Crippen molar-refractivity contribution in [3.05, 3.63) is 34.3 Å². The molecule has 0 radical (unpaired) electrons. The summed E-state index contributed by atoms with van der Waals surface area (Å²) in [5.41, 5.74) is 2.50. The lowest BCUT2D eigenvalue weighted by Crippen LogP contribution is -1.88. The van der Waals surface area contributed by atoms with Crippen LogP contribution >= 0.6 is 27.5 Å². The third-order valence-corrected chi connectivity index (χ3v) is 2.95. The van der Waals surface area contributed by atoms with Gasteiger partial charge >= 0.3 is 0 Å². The van der Waals surface area contributed by atoms with Gasteiger partial charge in [0, 0.05) is 10.4 Å². The molecule has 1 aromatic rings. The number of hydrogen-bond donors (Lipinski definition) is 0. The SMILES string of the molecule is Cc1ccc(CCCCBr)c(Cl)c1. The van der Waals surface area contributed by atoms with Crippen LogP contribution in [0.5, 0.6) is 0 Å². The minimum Gasteiger partial charge on any atom is -0.0928 e. The van der Waals surface area contributed by atoms with Crippen molar-refractivity contribution in [2.24, 2.45) is 0 Å². The lowest BCUT2D eigenvalue weighted by Gasteiger charge is -2.04. The van der Waals surface area contributed by atoms with Gasteiger partial charge in [-0.3, -0.25) is 0 Å². The molecule has 0 saturated carbocycles. The first kappa shape index (κ1) is 11.1. The highest BCUT2D eigenvalue weighted by Gasteiger charge is 1.99. The van der Waals surface area contributed by atoms with Gasteiger partial charge in [-0.05, 0) is 43.4 Å².